The van der Waals surface area contributed by atoms with Crippen molar-refractivity contribution in [3.05, 3.63) is 112 Å². The molecule has 1 N–H and O–H groups in total. The molecule has 0 atom stereocenters. The Kier molecular flexibility index (Phi) is 8.50. The first-order valence-corrected chi connectivity index (χ1v) is 12.7. The van der Waals surface area contributed by atoms with Gasteiger partial charge in [0.05, 0.1) is 18.7 Å². The lowest BCUT2D eigenvalue weighted by Gasteiger charge is -2.09. The summed E-state index contributed by atoms with van der Waals surface area (Å²) in [5.74, 6) is -0.136. The normalized spacial score (nSPS) is 11.0. The van der Waals surface area contributed by atoms with Crippen LogP contribution in [-0.2, 0) is 19.5 Å². The summed E-state index contributed by atoms with van der Waals surface area (Å²) < 4.78 is 3.34. The summed E-state index contributed by atoms with van der Waals surface area (Å²) in [5, 5.41) is 14.2. The average molecular weight is 484 g/mol. The minimum Gasteiger partial charge on any atom is -0.478 e. The lowest BCUT2D eigenvalue weighted by molar-refractivity contribution is 0.0697. The zero-order valence-corrected chi connectivity index (χ0v) is 20.8. The maximum atomic E-state index is 13.3. The molecule has 1 heterocycles. The third kappa shape index (κ3) is 6.19. The van der Waals surface area contributed by atoms with Crippen LogP contribution in [-0.4, -0.2) is 25.4 Å². The summed E-state index contributed by atoms with van der Waals surface area (Å²) in [4.78, 5) is 24.9. The van der Waals surface area contributed by atoms with Crippen molar-refractivity contribution in [3.63, 3.8) is 0 Å². The van der Waals surface area contributed by atoms with Gasteiger partial charge in [-0.1, -0.05) is 105 Å². The Bertz CT molecular complexity index is 1340. The molecule has 0 unspecified atom stereocenters. The second kappa shape index (κ2) is 12.2. The molecule has 4 aromatic rings. The molecule has 0 spiro atoms. The number of carbonyl (C=O) groups is 1. The zero-order chi connectivity index (χ0) is 25.3. The van der Waals surface area contributed by atoms with E-state index in [0.29, 0.717) is 18.7 Å². The predicted octanol–water partition coefficient (Wildman–Crippen LogP) is 6.02. The molecule has 6 heteroatoms. The standard InChI is InChI=1S/C30H33N3O3/c1-2-3-4-5-9-16-28-31-33(22-23-12-7-6-8-13-23)30(36)32(28)21-24-17-19-25(20-18-24)26-14-10-11-15-27(26)29(34)35/h6-8,10-15,17-20H,2-5,9,16,21-22H2,1H3,(H,34,35). The molecule has 0 saturated heterocycles. The van der Waals surface area contributed by atoms with E-state index < -0.39 is 5.97 Å². The van der Waals surface area contributed by atoms with Gasteiger partial charge in [0.2, 0.25) is 0 Å². The molecule has 0 radical (unpaired) electrons. The summed E-state index contributed by atoms with van der Waals surface area (Å²) in [7, 11) is 0. The summed E-state index contributed by atoms with van der Waals surface area (Å²) in [6, 6.07) is 24.6. The van der Waals surface area contributed by atoms with Gasteiger partial charge in [0.15, 0.2) is 0 Å². The van der Waals surface area contributed by atoms with Gasteiger partial charge in [-0.05, 0) is 34.7 Å². The Labute approximate surface area is 211 Å². The monoisotopic (exact) mass is 483 g/mol. The largest absolute Gasteiger partial charge is 0.478 e. The fraction of sp³-hybridized carbons (Fsp3) is 0.300. The molecule has 0 aliphatic rings. The lowest BCUT2D eigenvalue weighted by atomic mass is 9.99. The van der Waals surface area contributed by atoms with Gasteiger partial charge < -0.3 is 5.11 Å². The zero-order valence-electron chi connectivity index (χ0n) is 20.8. The molecule has 0 bridgehead atoms. The molecule has 0 aliphatic heterocycles. The molecule has 186 valence electrons. The van der Waals surface area contributed by atoms with Crippen molar-refractivity contribution in [2.24, 2.45) is 0 Å². The van der Waals surface area contributed by atoms with E-state index in [2.05, 4.69) is 6.92 Å². The molecule has 4 rings (SSSR count). The van der Waals surface area contributed by atoms with Gasteiger partial charge in [-0.3, -0.25) is 4.57 Å². The van der Waals surface area contributed by atoms with Crippen LogP contribution >= 0.6 is 0 Å². The predicted molar refractivity (Wildman–Crippen MR) is 142 cm³/mol. The Morgan fingerprint density at radius 3 is 2.19 bits per heavy atom. The van der Waals surface area contributed by atoms with Crippen molar-refractivity contribution in [2.45, 2.75) is 58.5 Å². The van der Waals surface area contributed by atoms with E-state index in [-0.39, 0.29) is 11.3 Å². The highest BCUT2D eigenvalue weighted by Gasteiger charge is 2.15. The highest BCUT2D eigenvalue weighted by atomic mass is 16.4. The number of hydrogen-bond acceptors (Lipinski definition) is 3. The number of aromatic nitrogens is 3. The van der Waals surface area contributed by atoms with Crippen LogP contribution in [0.5, 0.6) is 0 Å². The highest BCUT2D eigenvalue weighted by Crippen LogP contribution is 2.24. The summed E-state index contributed by atoms with van der Waals surface area (Å²) in [5.41, 5.74) is 3.69. The molecule has 0 fully saturated rings. The number of benzene rings is 3. The van der Waals surface area contributed by atoms with Crippen molar-refractivity contribution < 1.29 is 9.90 Å². The van der Waals surface area contributed by atoms with Crippen molar-refractivity contribution in [1.82, 2.24) is 14.3 Å². The summed E-state index contributed by atoms with van der Waals surface area (Å²) in [6.45, 7) is 3.08. The molecule has 1 aromatic heterocycles. The van der Waals surface area contributed by atoms with E-state index in [1.165, 1.54) is 19.3 Å². The van der Waals surface area contributed by atoms with E-state index >= 15 is 0 Å². The number of hydrogen-bond donors (Lipinski definition) is 1. The number of nitrogens with zero attached hydrogens (tertiary/aromatic N) is 3. The molecule has 0 aliphatic carbocycles. The molecule has 3 aromatic carbocycles. The van der Waals surface area contributed by atoms with Crippen molar-refractivity contribution in [3.8, 4) is 11.1 Å². The van der Waals surface area contributed by atoms with Gasteiger partial charge in [0.25, 0.3) is 0 Å². The topological polar surface area (TPSA) is 77.1 Å². The van der Waals surface area contributed by atoms with E-state index in [1.54, 1.807) is 21.4 Å². The van der Waals surface area contributed by atoms with Gasteiger partial charge in [-0.15, -0.1) is 0 Å². The van der Waals surface area contributed by atoms with E-state index in [0.717, 1.165) is 41.8 Å². The van der Waals surface area contributed by atoms with Crippen molar-refractivity contribution in [2.75, 3.05) is 0 Å². The van der Waals surface area contributed by atoms with Gasteiger partial charge in [0, 0.05) is 6.42 Å². The second-order valence-electron chi connectivity index (χ2n) is 9.14. The van der Waals surface area contributed by atoms with E-state index in [4.69, 9.17) is 5.10 Å². The van der Waals surface area contributed by atoms with Gasteiger partial charge in [0.1, 0.15) is 5.82 Å². The smallest absolute Gasteiger partial charge is 0.346 e. The first-order chi connectivity index (χ1) is 17.6. The molecular formula is C30H33N3O3. The van der Waals surface area contributed by atoms with Crippen LogP contribution in [0.1, 0.15) is 66.3 Å². The van der Waals surface area contributed by atoms with Gasteiger partial charge in [-0.2, -0.15) is 5.10 Å². The highest BCUT2D eigenvalue weighted by molar-refractivity contribution is 5.95. The van der Waals surface area contributed by atoms with Crippen LogP contribution in [0.25, 0.3) is 11.1 Å². The number of carboxylic acid groups (broad SMARTS) is 1. The van der Waals surface area contributed by atoms with Crippen LogP contribution in [0.2, 0.25) is 0 Å². The van der Waals surface area contributed by atoms with Crippen LogP contribution < -0.4 is 5.69 Å². The van der Waals surface area contributed by atoms with E-state index in [1.807, 2.05) is 66.7 Å². The second-order valence-corrected chi connectivity index (χ2v) is 9.14. The van der Waals surface area contributed by atoms with Crippen LogP contribution in [0.3, 0.4) is 0 Å². The third-order valence-electron chi connectivity index (χ3n) is 6.44. The average Bonchev–Trinajstić information content (AvgIpc) is 3.18. The molecule has 0 amide bonds. The fourth-order valence-electron chi connectivity index (χ4n) is 4.47. The Hall–Kier alpha value is -3.93. The molecule has 6 nitrogen and oxygen atoms in total. The fourth-order valence-corrected chi connectivity index (χ4v) is 4.47. The maximum absolute atomic E-state index is 13.3. The lowest BCUT2D eigenvalue weighted by Crippen LogP contribution is -2.26. The van der Waals surface area contributed by atoms with Crippen molar-refractivity contribution >= 4 is 5.97 Å². The SMILES string of the molecule is CCCCCCCc1nn(Cc2ccccc2)c(=O)n1Cc1ccc(-c2ccccc2C(=O)O)cc1. The van der Waals surface area contributed by atoms with Crippen LogP contribution in [0, 0.1) is 0 Å². The minimum absolute atomic E-state index is 0.109. The third-order valence-corrected chi connectivity index (χ3v) is 6.44. The van der Waals surface area contributed by atoms with Gasteiger partial charge >= 0.3 is 11.7 Å². The molecule has 0 saturated carbocycles. The van der Waals surface area contributed by atoms with Gasteiger partial charge in [-0.25, -0.2) is 14.3 Å². The van der Waals surface area contributed by atoms with Crippen molar-refractivity contribution in [1.29, 1.82) is 0 Å². The summed E-state index contributed by atoms with van der Waals surface area (Å²) in [6.07, 6.45) is 6.53. The first-order valence-electron chi connectivity index (χ1n) is 12.7. The minimum atomic E-state index is -0.948. The maximum Gasteiger partial charge on any atom is 0.346 e. The molecular weight excluding hydrogens is 450 g/mol. The number of rotatable bonds is 12. The molecule has 36 heavy (non-hydrogen) atoms. The Morgan fingerprint density at radius 2 is 1.47 bits per heavy atom. The Balaban J connectivity index is 1.57. The Morgan fingerprint density at radius 1 is 0.806 bits per heavy atom. The number of aromatic carboxylic acids is 1. The summed E-state index contributed by atoms with van der Waals surface area (Å²) >= 11 is 0. The quantitative estimate of drug-likeness (QED) is 0.250. The number of unbranched alkanes of at least 4 members (excludes halogenated alkanes) is 4. The van der Waals surface area contributed by atoms with Crippen LogP contribution in [0.4, 0.5) is 0 Å². The number of aryl methyl sites for hydroxylation is 1. The number of carboxylic acids is 1. The van der Waals surface area contributed by atoms with E-state index in [9.17, 15) is 14.7 Å². The first kappa shape index (κ1) is 25.2. The van der Waals surface area contributed by atoms with Crippen LogP contribution in [0.15, 0.2) is 83.7 Å².